The summed E-state index contributed by atoms with van der Waals surface area (Å²) in [6, 6.07) is 6.50. The Bertz CT molecular complexity index is 439. The first-order valence-corrected chi connectivity index (χ1v) is 6.94. The average molecular weight is 245 g/mol. The second kappa shape index (κ2) is 5.66. The summed E-state index contributed by atoms with van der Waals surface area (Å²) in [5.41, 5.74) is 9.41. The smallest absolute Gasteiger partial charge is 0.160 e. The lowest BCUT2D eigenvalue weighted by molar-refractivity contribution is 0.101. The van der Waals surface area contributed by atoms with Crippen LogP contribution in [-0.4, -0.2) is 11.8 Å². The maximum Gasteiger partial charge on any atom is 0.160 e. The van der Waals surface area contributed by atoms with Crippen molar-refractivity contribution in [1.29, 1.82) is 0 Å². The van der Waals surface area contributed by atoms with Gasteiger partial charge in [0.2, 0.25) is 0 Å². The maximum absolute atomic E-state index is 11.6. The van der Waals surface area contributed by atoms with E-state index in [4.69, 9.17) is 5.73 Å². The number of aryl methyl sites for hydroxylation is 2. The van der Waals surface area contributed by atoms with Crippen molar-refractivity contribution >= 4 is 5.78 Å². The summed E-state index contributed by atoms with van der Waals surface area (Å²) in [4.78, 5) is 11.6. The zero-order chi connectivity index (χ0) is 13.1. The van der Waals surface area contributed by atoms with Gasteiger partial charge in [0.25, 0.3) is 0 Å². The minimum absolute atomic E-state index is 0.167. The van der Waals surface area contributed by atoms with Crippen molar-refractivity contribution in [1.82, 2.24) is 0 Å². The van der Waals surface area contributed by atoms with E-state index >= 15 is 0 Å². The highest BCUT2D eigenvalue weighted by molar-refractivity contribution is 5.95. The minimum atomic E-state index is 0.167. The third-order valence-corrected chi connectivity index (χ3v) is 4.14. The van der Waals surface area contributed by atoms with Crippen molar-refractivity contribution in [2.75, 3.05) is 0 Å². The molecule has 1 aromatic carbocycles. The topological polar surface area (TPSA) is 43.1 Å². The van der Waals surface area contributed by atoms with Crippen molar-refractivity contribution in [2.24, 2.45) is 11.7 Å². The molecule has 1 aromatic rings. The summed E-state index contributed by atoms with van der Waals surface area (Å²) in [5.74, 6) is 0.811. The minimum Gasteiger partial charge on any atom is -0.327 e. The Hall–Kier alpha value is -1.15. The molecule has 2 heteroatoms. The van der Waals surface area contributed by atoms with E-state index in [1.165, 1.54) is 24.0 Å². The molecule has 0 bridgehead atoms. The molecule has 18 heavy (non-hydrogen) atoms. The molecule has 0 heterocycles. The van der Waals surface area contributed by atoms with Crippen LogP contribution in [0.4, 0.5) is 0 Å². The van der Waals surface area contributed by atoms with E-state index in [1.807, 2.05) is 12.1 Å². The van der Waals surface area contributed by atoms with Crippen LogP contribution in [0.15, 0.2) is 18.2 Å². The lowest BCUT2D eigenvalue weighted by atomic mass is 9.92. The fourth-order valence-corrected chi connectivity index (χ4v) is 3.04. The monoisotopic (exact) mass is 245 g/mol. The van der Waals surface area contributed by atoms with Gasteiger partial charge >= 0.3 is 0 Å². The molecule has 1 aliphatic carbocycles. The van der Waals surface area contributed by atoms with Gasteiger partial charge in [-0.3, -0.25) is 4.79 Å². The van der Waals surface area contributed by atoms with Crippen molar-refractivity contribution in [2.45, 2.75) is 52.0 Å². The van der Waals surface area contributed by atoms with E-state index in [2.05, 4.69) is 13.0 Å². The predicted molar refractivity (Wildman–Crippen MR) is 74.8 cm³/mol. The molecule has 2 N–H and O–H groups in total. The maximum atomic E-state index is 11.6. The van der Waals surface area contributed by atoms with E-state index in [-0.39, 0.29) is 5.78 Å². The molecule has 98 valence electrons. The van der Waals surface area contributed by atoms with Crippen LogP contribution in [0.3, 0.4) is 0 Å². The van der Waals surface area contributed by atoms with Gasteiger partial charge in [0.15, 0.2) is 5.78 Å². The average Bonchev–Trinajstić information content (AvgIpc) is 2.72. The summed E-state index contributed by atoms with van der Waals surface area (Å²) in [5, 5.41) is 0. The molecule has 2 nitrogen and oxygen atoms in total. The van der Waals surface area contributed by atoms with Crippen molar-refractivity contribution < 1.29 is 4.79 Å². The number of hydrogen-bond acceptors (Lipinski definition) is 2. The van der Waals surface area contributed by atoms with Crippen LogP contribution < -0.4 is 5.73 Å². The Morgan fingerprint density at radius 2 is 2.17 bits per heavy atom. The number of nitrogens with two attached hydrogens (primary N) is 1. The number of ketones is 1. The van der Waals surface area contributed by atoms with Crippen LogP contribution >= 0.6 is 0 Å². The Labute approximate surface area is 110 Å². The van der Waals surface area contributed by atoms with Gasteiger partial charge < -0.3 is 5.73 Å². The number of carbonyl (C=O) groups excluding carboxylic acids is 1. The number of rotatable bonds is 4. The zero-order valence-electron chi connectivity index (χ0n) is 11.4. The summed E-state index contributed by atoms with van der Waals surface area (Å²) in [6.45, 7) is 3.73. The molecule has 1 fully saturated rings. The van der Waals surface area contributed by atoms with E-state index < -0.39 is 0 Å². The Morgan fingerprint density at radius 1 is 1.39 bits per heavy atom. The molecule has 0 aromatic heterocycles. The second-order valence-corrected chi connectivity index (χ2v) is 5.61. The predicted octanol–water partition coefficient (Wildman–Crippen LogP) is 3.26. The fourth-order valence-electron chi connectivity index (χ4n) is 3.04. The van der Waals surface area contributed by atoms with Crippen molar-refractivity contribution in [3.63, 3.8) is 0 Å². The number of carbonyl (C=O) groups is 1. The van der Waals surface area contributed by atoms with Gasteiger partial charge in [-0.1, -0.05) is 30.2 Å². The van der Waals surface area contributed by atoms with Gasteiger partial charge in [-0.2, -0.15) is 0 Å². The van der Waals surface area contributed by atoms with Gasteiger partial charge in [-0.25, -0.2) is 0 Å². The number of hydrogen-bond donors (Lipinski definition) is 1. The van der Waals surface area contributed by atoms with Crippen LogP contribution in [0, 0.1) is 12.8 Å². The molecule has 2 rings (SSSR count). The van der Waals surface area contributed by atoms with Crippen LogP contribution in [0.1, 0.15) is 54.1 Å². The Kier molecular flexibility index (Phi) is 4.18. The summed E-state index contributed by atoms with van der Waals surface area (Å²) >= 11 is 0. The highest BCUT2D eigenvalue weighted by Crippen LogP contribution is 2.28. The van der Waals surface area contributed by atoms with Crippen LogP contribution in [0.2, 0.25) is 0 Å². The van der Waals surface area contributed by atoms with Gasteiger partial charge in [0, 0.05) is 11.6 Å². The van der Waals surface area contributed by atoms with E-state index in [0.29, 0.717) is 12.0 Å². The van der Waals surface area contributed by atoms with Crippen molar-refractivity contribution in [3.05, 3.63) is 34.9 Å². The first kappa shape index (κ1) is 13.3. The van der Waals surface area contributed by atoms with Gasteiger partial charge in [0.1, 0.15) is 0 Å². The number of Topliss-reactive ketones (excluding diaryl/α,β-unsaturated/α-hetero) is 1. The molecule has 0 aliphatic heterocycles. The van der Waals surface area contributed by atoms with Gasteiger partial charge in [-0.15, -0.1) is 0 Å². The van der Waals surface area contributed by atoms with Gasteiger partial charge in [-0.05, 0) is 51.0 Å². The quantitative estimate of drug-likeness (QED) is 0.827. The molecule has 0 amide bonds. The number of benzene rings is 1. The third kappa shape index (κ3) is 2.99. The van der Waals surface area contributed by atoms with Gasteiger partial charge in [0.05, 0.1) is 0 Å². The second-order valence-electron chi connectivity index (χ2n) is 5.61. The molecule has 0 radical (unpaired) electrons. The zero-order valence-corrected chi connectivity index (χ0v) is 11.4. The van der Waals surface area contributed by atoms with E-state index in [9.17, 15) is 4.79 Å². The highest BCUT2D eigenvalue weighted by Gasteiger charge is 2.23. The molecular weight excluding hydrogens is 222 g/mol. The normalized spacial score (nSPS) is 23.3. The summed E-state index contributed by atoms with van der Waals surface area (Å²) in [7, 11) is 0. The Morgan fingerprint density at radius 3 is 2.78 bits per heavy atom. The molecule has 1 unspecified atom stereocenters. The third-order valence-electron chi connectivity index (χ3n) is 4.14. The van der Waals surface area contributed by atoms with Crippen molar-refractivity contribution in [3.8, 4) is 0 Å². The SMILES string of the molecule is CC(=O)c1ccc(C)cc1CCC1CCC[C@@H]1N. The largest absolute Gasteiger partial charge is 0.327 e. The molecular formula is C16H23NO. The van der Waals surface area contributed by atoms with Crippen LogP contribution in [0.5, 0.6) is 0 Å². The van der Waals surface area contributed by atoms with Crippen LogP contribution in [-0.2, 0) is 6.42 Å². The van der Waals surface area contributed by atoms with E-state index in [1.54, 1.807) is 6.92 Å². The van der Waals surface area contributed by atoms with E-state index in [0.717, 1.165) is 24.8 Å². The Balaban J connectivity index is 2.08. The molecule has 1 saturated carbocycles. The molecule has 2 atom stereocenters. The first-order chi connectivity index (χ1) is 8.58. The summed E-state index contributed by atoms with van der Waals surface area (Å²) < 4.78 is 0. The summed E-state index contributed by atoms with van der Waals surface area (Å²) in [6.07, 6.45) is 5.78. The van der Waals surface area contributed by atoms with Crippen LogP contribution in [0.25, 0.3) is 0 Å². The molecule has 1 aliphatic rings. The lowest BCUT2D eigenvalue weighted by Gasteiger charge is -2.16. The molecule has 0 spiro atoms. The first-order valence-electron chi connectivity index (χ1n) is 6.94. The standard InChI is InChI=1S/C16H23NO/c1-11-6-9-15(12(2)18)14(10-11)8-7-13-4-3-5-16(13)17/h6,9-10,13,16H,3-5,7-8,17H2,1-2H3/t13?,16-/m0/s1. The fraction of sp³-hybridized carbons (Fsp3) is 0.562. The molecule has 0 saturated heterocycles. The highest BCUT2D eigenvalue weighted by atomic mass is 16.1. The lowest BCUT2D eigenvalue weighted by Crippen LogP contribution is -2.24.